The first-order valence-corrected chi connectivity index (χ1v) is 4.51. The molecule has 1 atom stereocenters. The number of nitrogens with zero attached hydrogens (tertiary/aromatic N) is 1. The van der Waals surface area contributed by atoms with Gasteiger partial charge in [-0.2, -0.15) is 0 Å². The number of carbonyl (C=O) groups excluding carboxylic acids is 1. The molecular formula is C9H14N2O. The van der Waals surface area contributed by atoms with Crippen LogP contribution in [0.2, 0.25) is 0 Å². The van der Waals surface area contributed by atoms with Gasteiger partial charge >= 0.3 is 0 Å². The third-order valence-electron chi connectivity index (χ3n) is 2.65. The lowest BCUT2D eigenvalue weighted by Crippen LogP contribution is -2.29. The molecule has 2 aliphatic rings. The molecule has 12 heavy (non-hydrogen) atoms. The van der Waals surface area contributed by atoms with Crippen LogP contribution in [0.4, 0.5) is 0 Å². The number of hydrogen-bond acceptors (Lipinski definition) is 2. The van der Waals surface area contributed by atoms with Crippen molar-refractivity contribution in [2.45, 2.75) is 13.3 Å². The van der Waals surface area contributed by atoms with Gasteiger partial charge in [-0.25, -0.2) is 0 Å². The van der Waals surface area contributed by atoms with E-state index in [9.17, 15) is 4.79 Å². The molecule has 1 N–H and O–H groups in total. The van der Waals surface area contributed by atoms with Crippen molar-refractivity contribution in [3.63, 3.8) is 0 Å². The summed E-state index contributed by atoms with van der Waals surface area (Å²) in [6.45, 7) is 4.71. The van der Waals surface area contributed by atoms with Crippen molar-refractivity contribution >= 4 is 5.91 Å². The second-order valence-electron chi connectivity index (χ2n) is 3.45. The minimum absolute atomic E-state index is 0.283. The summed E-state index contributed by atoms with van der Waals surface area (Å²) in [4.78, 5) is 13.3. The van der Waals surface area contributed by atoms with E-state index in [-0.39, 0.29) is 5.91 Å². The number of hydrogen-bond donors (Lipinski definition) is 1. The van der Waals surface area contributed by atoms with Crippen molar-refractivity contribution in [1.29, 1.82) is 0 Å². The van der Waals surface area contributed by atoms with E-state index in [0.717, 1.165) is 19.6 Å². The van der Waals surface area contributed by atoms with Gasteiger partial charge in [-0.05, 0) is 11.8 Å². The van der Waals surface area contributed by atoms with E-state index >= 15 is 0 Å². The molecule has 1 unspecified atom stereocenters. The van der Waals surface area contributed by atoms with E-state index in [4.69, 9.17) is 0 Å². The molecule has 0 radical (unpaired) electrons. The number of rotatable bonds is 1. The normalized spacial score (nSPS) is 26.6. The van der Waals surface area contributed by atoms with Gasteiger partial charge in [-0.1, -0.05) is 6.92 Å². The zero-order valence-electron chi connectivity index (χ0n) is 7.34. The van der Waals surface area contributed by atoms with Crippen molar-refractivity contribution in [3.05, 3.63) is 11.8 Å². The van der Waals surface area contributed by atoms with Crippen molar-refractivity contribution in [2.75, 3.05) is 19.6 Å². The summed E-state index contributed by atoms with van der Waals surface area (Å²) >= 11 is 0. The third kappa shape index (κ3) is 1.09. The molecule has 0 aromatic heterocycles. The molecule has 3 heteroatoms. The number of carbonyl (C=O) groups is 1. The fourth-order valence-corrected chi connectivity index (χ4v) is 1.90. The molecule has 3 nitrogen and oxygen atoms in total. The lowest BCUT2D eigenvalue weighted by atomic mass is 10.1. The van der Waals surface area contributed by atoms with Crippen LogP contribution < -0.4 is 5.32 Å². The second-order valence-corrected chi connectivity index (χ2v) is 3.45. The monoisotopic (exact) mass is 166 g/mol. The van der Waals surface area contributed by atoms with Crippen LogP contribution in [-0.4, -0.2) is 30.4 Å². The van der Waals surface area contributed by atoms with Crippen LogP contribution in [0.25, 0.3) is 0 Å². The van der Waals surface area contributed by atoms with Crippen molar-refractivity contribution in [2.24, 2.45) is 5.92 Å². The summed E-state index contributed by atoms with van der Waals surface area (Å²) in [6, 6.07) is 0. The van der Waals surface area contributed by atoms with Crippen LogP contribution in [-0.2, 0) is 4.79 Å². The minimum Gasteiger partial charge on any atom is -0.390 e. The van der Waals surface area contributed by atoms with Gasteiger partial charge in [0.2, 0.25) is 5.91 Å². The molecule has 66 valence electrons. The van der Waals surface area contributed by atoms with Gasteiger partial charge < -0.3 is 10.2 Å². The molecule has 0 aromatic rings. The van der Waals surface area contributed by atoms with E-state index in [1.54, 1.807) is 0 Å². The maximum atomic E-state index is 11.3. The molecule has 0 bridgehead atoms. The van der Waals surface area contributed by atoms with Crippen LogP contribution >= 0.6 is 0 Å². The SMILES string of the molecule is CCC(=O)N1CC2=CNCC2C1. The largest absolute Gasteiger partial charge is 0.390 e. The van der Waals surface area contributed by atoms with Crippen LogP contribution in [0.15, 0.2) is 11.8 Å². The first-order valence-electron chi connectivity index (χ1n) is 4.51. The first kappa shape index (κ1) is 7.65. The van der Waals surface area contributed by atoms with E-state index in [1.165, 1.54) is 5.57 Å². The average Bonchev–Trinajstić information content (AvgIpc) is 2.60. The van der Waals surface area contributed by atoms with Gasteiger partial charge in [0, 0.05) is 32.0 Å². The predicted octanol–water partition coefficient (Wildman–Crippen LogP) is 0.342. The second kappa shape index (κ2) is 2.81. The van der Waals surface area contributed by atoms with Crippen LogP contribution in [0.5, 0.6) is 0 Å². The molecule has 1 fully saturated rings. The van der Waals surface area contributed by atoms with Gasteiger partial charge in [-0.3, -0.25) is 4.79 Å². The molecular weight excluding hydrogens is 152 g/mol. The zero-order chi connectivity index (χ0) is 8.55. The quantitative estimate of drug-likeness (QED) is 0.609. The first-order chi connectivity index (χ1) is 5.81. The smallest absolute Gasteiger partial charge is 0.222 e. The van der Waals surface area contributed by atoms with Gasteiger partial charge in [0.25, 0.3) is 0 Å². The van der Waals surface area contributed by atoms with Gasteiger partial charge in [0.05, 0.1) is 0 Å². The summed E-state index contributed by atoms with van der Waals surface area (Å²) in [5.41, 5.74) is 1.40. The molecule has 2 rings (SSSR count). The maximum Gasteiger partial charge on any atom is 0.222 e. The Hall–Kier alpha value is -0.990. The number of nitrogens with one attached hydrogen (secondary N) is 1. The standard InChI is InChI=1S/C9H14N2O/c1-2-9(12)11-5-7-3-10-4-8(7)6-11/h3,8,10H,2,4-6H2,1H3. The Morgan fingerprint density at radius 2 is 2.67 bits per heavy atom. The maximum absolute atomic E-state index is 11.3. The molecule has 0 saturated carbocycles. The fraction of sp³-hybridized carbons (Fsp3) is 0.667. The molecule has 2 heterocycles. The Kier molecular flexibility index (Phi) is 1.79. The van der Waals surface area contributed by atoms with Gasteiger partial charge in [0.15, 0.2) is 0 Å². The minimum atomic E-state index is 0.283. The Balaban J connectivity index is 2.03. The summed E-state index contributed by atoms with van der Waals surface area (Å²) in [5, 5.41) is 3.20. The van der Waals surface area contributed by atoms with Crippen LogP contribution in [0.1, 0.15) is 13.3 Å². The van der Waals surface area contributed by atoms with E-state index in [0.29, 0.717) is 12.3 Å². The number of likely N-dealkylation sites (tertiary alicyclic amines) is 1. The molecule has 1 amide bonds. The highest BCUT2D eigenvalue weighted by molar-refractivity contribution is 5.76. The van der Waals surface area contributed by atoms with Gasteiger partial charge in [0.1, 0.15) is 0 Å². The Morgan fingerprint density at radius 1 is 1.83 bits per heavy atom. The lowest BCUT2D eigenvalue weighted by Gasteiger charge is -2.14. The number of amides is 1. The highest BCUT2D eigenvalue weighted by Gasteiger charge is 2.31. The Bertz CT molecular complexity index is 235. The topological polar surface area (TPSA) is 32.3 Å². The molecule has 0 aromatic carbocycles. The predicted molar refractivity (Wildman–Crippen MR) is 46.4 cm³/mol. The number of fused-ring (bicyclic) bond motifs is 1. The zero-order valence-corrected chi connectivity index (χ0v) is 7.34. The molecule has 2 aliphatic heterocycles. The van der Waals surface area contributed by atoms with Crippen molar-refractivity contribution in [1.82, 2.24) is 10.2 Å². The summed E-state index contributed by atoms with van der Waals surface area (Å²) < 4.78 is 0. The Labute approximate surface area is 72.4 Å². The summed E-state index contributed by atoms with van der Waals surface area (Å²) in [5.74, 6) is 0.880. The highest BCUT2D eigenvalue weighted by atomic mass is 16.2. The molecule has 0 aliphatic carbocycles. The highest BCUT2D eigenvalue weighted by Crippen LogP contribution is 2.25. The van der Waals surface area contributed by atoms with E-state index in [1.807, 2.05) is 11.8 Å². The Morgan fingerprint density at radius 3 is 3.33 bits per heavy atom. The van der Waals surface area contributed by atoms with Crippen molar-refractivity contribution in [3.8, 4) is 0 Å². The van der Waals surface area contributed by atoms with Crippen LogP contribution in [0.3, 0.4) is 0 Å². The van der Waals surface area contributed by atoms with Gasteiger partial charge in [-0.15, -0.1) is 0 Å². The molecule has 0 spiro atoms. The van der Waals surface area contributed by atoms with E-state index in [2.05, 4.69) is 11.5 Å². The van der Waals surface area contributed by atoms with E-state index < -0.39 is 0 Å². The lowest BCUT2D eigenvalue weighted by molar-refractivity contribution is -0.129. The van der Waals surface area contributed by atoms with Crippen LogP contribution in [0, 0.1) is 5.92 Å². The average molecular weight is 166 g/mol. The fourth-order valence-electron chi connectivity index (χ4n) is 1.90. The molecule has 1 saturated heterocycles. The van der Waals surface area contributed by atoms with Crippen molar-refractivity contribution < 1.29 is 4.79 Å². The summed E-state index contributed by atoms with van der Waals surface area (Å²) in [6.07, 6.45) is 2.70. The third-order valence-corrected chi connectivity index (χ3v) is 2.65. The summed E-state index contributed by atoms with van der Waals surface area (Å²) in [7, 11) is 0.